The zero-order chi connectivity index (χ0) is 36.3. The summed E-state index contributed by atoms with van der Waals surface area (Å²) in [7, 11) is 0. The molecule has 3 heterocycles. The second kappa shape index (κ2) is 12.6. The maximum atomic E-state index is 5.18. The van der Waals surface area contributed by atoms with Gasteiger partial charge in [0.05, 0.1) is 28.0 Å². The Morgan fingerprint density at radius 2 is 1.04 bits per heavy atom. The van der Waals surface area contributed by atoms with Gasteiger partial charge in [-0.25, -0.2) is 4.98 Å². The monoisotopic (exact) mass is 698 g/mol. The van der Waals surface area contributed by atoms with Gasteiger partial charge in [-0.15, -0.1) is 0 Å². The molecule has 0 spiro atoms. The number of benzene rings is 8. The van der Waals surface area contributed by atoms with Crippen LogP contribution in [0.3, 0.4) is 0 Å². The second-order valence-electron chi connectivity index (χ2n) is 14.7. The molecule has 9 aromatic rings. The summed E-state index contributed by atoms with van der Waals surface area (Å²) in [5, 5.41) is 1.18. The van der Waals surface area contributed by atoms with Gasteiger partial charge in [-0.05, 0) is 80.1 Å². The predicted octanol–water partition coefficient (Wildman–Crippen LogP) is 10.6. The summed E-state index contributed by atoms with van der Waals surface area (Å²) in [6.45, 7) is 0.123. The van der Waals surface area contributed by atoms with E-state index in [1.807, 2.05) is 0 Å². The smallest absolute Gasteiger partial charge is 0.244 e. The molecule has 0 saturated carbocycles. The number of fused-ring (bicyclic) bond motifs is 6. The van der Waals surface area contributed by atoms with Gasteiger partial charge in [0.1, 0.15) is 0 Å². The van der Waals surface area contributed by atoms with Gasteiger partial charge in [0.25, 0.3) is 0 Å². The van der Waals surface area contributed by atoms with Crippen LogP contribution in [0.15, 0.2) is 212 Å². The maximum Gasteiger partial charge on any atom is 0.244 e. The summed E-state index contributed by atoms with van der Waals surface area (Å²) >= 11 is 0. The Bertz CT molecular complexity index is 2790. The predicted molar refractivity (Wildman–Crippen MR) is 230 cm³/mol. The molecule has 0 fully saturated rings. The normalized spacial score (nSPS) is 13.5. The number of nitrogens with zero attached hydrogens (tertiary/aromatic N) is 2. The SMILES string of the molecule is c1ccc(C2(c3ccccc3)c3ccccc3N(c3ccc(-c4cccc(B5c6ccccc6-c6nc7ccccc7cc65)c4)cc3)c3ccccc32)cc1. The minimum atomic E-state index is -0.480. The molecule has 0 bridgehead atoms. The van der Waals surface area contributed by atoms with E-state index in [0.29, 0.717) is 0 Å². The molecule has 1 aromatic heterocycles. The zero-order valence-electron chi connectivity index (χ0n) is 30.2. The number of aromatic nitrogens is 1. The number of pyridine rings is 1. The molecule has 0 saturated heterocycles. The number of para-hydroxylation sites is 3. The van der Waals surface area contributed by atoms with Gasteiger partial charge >= 0.3 is 0 Å². The Hall–Kier alpha value is -6.97. The van der Waals surface area contributed by atoms with Crippen molar-refractivity contribution in [3.8, 4) is 22.4 Å². The molecule has 0 N–H and O–H groups in total. The quantitative estimate of drug-likeness (QED) is 0.166. The number of hydrogen-bond acceptors (Lipinski definition) is 2. The summed E-state index contributed by atoms with van der Waals surface area (Å²) < 4.78 is 0. The van der Waals surface area contributed by atoms with E-state index in [-0.39, 0.29) is 6.71 Å². The van der Waals surface area contributed by atoms with Crippen molar-refractivity contribution >= 4 is 51.1 Å². The topological polar surface area (TPSA) is 16.1 Å². The molecule has 2 aliphatic heterocycles. The van der Waals surface area contributed by atoms with Crippen LogP contribution in [-0.2, 0) is 5.41 Å². The number of rotatable bonds is 5. The Kier molecular flexibility index (Phi) is 7.21. The molecule has 2 nitrogen and oxygen atoms in total. The Balaban J connectivity index is 1.02. The van der Waals surface area contributed by atoms with E-state index < -0.39 is 5.41 Å². The molecule has 0 amide bonds. The lowest BCUT2D eigenvalue weighted by atomic mass is 9.39. The highest BCUT2D eigenvalue weighted by Gasteiger charge is 2.46. The molecular weight excluding hydrogens is 663 g/mol. The van der Waals surface area contributed by atoms with E-state index in [4.69, 9.17) is 4.98 Å². The van der Waals surface area contributed by atoms with Crippen molar-refractivity contribution in [2.75, 3.05) is 4.90 Å². The van der Waals surface area contributed by atoms with Gasteiger partial charge in [-0.2, -0.15) is 0 Å². The molecule has 55 heavy (non-hydrogen) atoms. The van der Waals surface area contributed by atoms with Crippen LogP contribution in [-0.4, -0.2) is 11.7 Å². The minimum absolute atomic E-state index is 0.123. The van der Waals surface area contributed by atoms with E-state index in [1.165, 1.54) is 72.1 Å². The van der Waals surface area contributed by atoms with Crippen molar-refractivity contribution in [3.63, 3.8) is 0 Å². The van der Waals surface area contributed by atoms with E-state index in [2.05, 4.69) is 217 Å². The van der Waals surface area contributed by atoms with Crippen LogP contribution in [0.1, 0.15) is 22.3 Å². The summed E-state index contributed by atoms with van der Waals surface area (Å²) in [6, 6.07) is 77.6. The van der Waals surface area contributed by atoms with Crippen LogP contribution < -0.4 is 21.3 Å². The average molecular weight is 699 g/mol. The fraction of sp³-hybridized carbons (Fsp3) is 0.0192. The molecule has 0 unspecified atom stereocenters. The van der Waals surface area contributed by atoms with Gasteiger partial charge in [-0.3, -0.25) is 0 Å². The van der Waals surface area contributed by atoms with Crippen molar-refractivity contribution in [2.24, 2.45) is 0 Å². The van der Waals surface area contributed by atoms with Crippen LogP contribution in [0.5, 0.6) is 0 Å². The lowest BCUT2D eigenvalue weighted by Crippen LogP contribution is -2.48. The first-order valence-electron chi connectivity index (χ1n) is 19.1. The van der Waals surface area contributed by atoms with Gasteiger partial charge in [-0.1, -0.05) is 193 Å². The van der Waals surface area contributed by atoms with Crippen LogP contribution >= 0.6 is 0 Å². The van der Waals surface area contributed by atoms with Crippen LogP contribution in [0.25, 0.3) is 33.3 Å². The zero-order valence-corrected chi connectivity index (χ0v) is 30.2. The van der Waals surface area contributed by atoms with E-state index in [9.17, 15) is 0 Å². The third-order valence-electron chi connectivity index (χ3n) is 11.8. The highest BCUT2D eigenvalue weighted by molar-refractivity contribution is 6.99. The average Bonchev–Trinajstić information content (AvgIpc) is 3.58. The van der Waals surface area contributed by atoms with E-state index in [1.54, 1.807) is 0 Å². The first kappa shape index (κ1) is 31.6. The molecule has 2 aliphatic rings. The van der Waals surface area contributed by atoms with Crippen molar-refractivity contribution in [1.29, 1.82) is 0 Å². The Labute approximate surface area is 322 Å². The van der Waals surface area contributed by atoms with Crippen LogP contribution in [0.4, 0.5) is 17.1 Å². The van der Waals surface area contributed by atoms with E-state index in [0.717, 1.165) is 16.9 Å². The summed E-state index contributed by atoms with van der Waals surface area (Å²) in [5.74, 6) is 0. The molecule has 0 atom stereocenters. The fourth-order valence-electron chi connectivity index (χ4n) is 9.45. The molecule has 11 rings (SSSR count). The Morgan fingerprint density at radius 1 is 0.436 bits per heavy atom. The molecule has 256 valence electrons. The van der Waals surface area contributed by atoms with Crippen molar-refractivity contribution in [2.45, 2.75) is 5.41 Å². The van der Waals surface area contributed by atoms with E-state index >= 15 is 0 Å². The third kappa shape index (κ3) is 4.80. The van der Waals surface area contributed by atoms with Gasteiger partial charge in [0.15, 0.2) is 0 Å². The first-order valence-corrected chi connectivity index (χ1v) is 19.1. The van der Waals surface area contributed by atoms with Crippen LogP contribution in [0.2, 0.25) is 0 Å². The molecule has 3 heteroatoms. The Morgan fingerprint density at radius 3 is 1.75 bits per heavy atom. The van der Waals surface area contributed by atoms with Gasteiger partial charge in [0, 0.05) is 5.69 Å². The summed E-state index contributed by atoms with van der Waals surface area (Å²) in [5.41, 5.74) is 17.7. The summed E-state index contributed by atoms with van der Waals surface area (Å²) in [6.07, 6.45) is 0. The van der Waals surface area contributed by atoms with Crippen LogP contribution in [0, 0.1) is 0 Å². The number of hydrogen-bond donors (Lipinski definition) is 0. The largest absolute Gasteiger partial charge is 0.310 e. The first-order chi connectivity index (χ1) is 27.3. The van der Waals surface area contributed by atoms with Crippen molar-refractivity contribution < 1.29 is 0 Å². The second-order valence-corrected chi connectivity index (χ2v) is 14.7. The van der Waals surface area contributed by atoms with Gasteiger partial charge in [0.2, 0.25) is 6.71 Å². The molecular formula is C52H35BN2. The van der Waals surface area contributed by atoms with Crippen molar-refractivity contribution in [1.82, 2.24) is 4.98 Å². The van der Waals surface area contributed by atoms with Crippen molar-refractivity contribution in [3.05, 3.63) is 235 Å². The molecule has 8 aromatic carbocycles. The maximum absolute atomic E-state index is 5.18. The highest BCUT2D eigenvalue weighted by atomic mass is 15.2. The molecule has 0 aliphatic carbocycles. The molecule has 0 radical (unpaired) electrons. The lowest BCUT2D eigenvalue weighted by Gasteiger charge is -2.46. The lowest BCUT2D eigenvalue weighted by molar-refractivity contribution is 0.731. The standard InChI is InChI=1S/C52H35BN2/c1-3-18-39(19-4-1)52(40-20-5-2-6-21-40)44-24-9-13-28-49(44)55(50-29-14-10-25-45(50)52)42-32-30-36(31-33-42)37-17-15-22-41(34-37)53-46-26-11-8-23-43(46)51-47(53)35-38-16-7-12-27-48(38)54-51/h1-35H. The fourth-order valence-corrected chi connectivity index (χ4v) is 9.45. The highest BCUT2D eigenvalue weighted by Crippen LogP contribution is 2.57. The summed E-state index contributed by atoms with van der Waals surface area (Å²) in [4.78, 5) is 7.62. The minimum Gasteiger partial charge on any atom is -0.310 e. The number of anilines is 3. The van der Waals surface area contributed by atoms with Gasteiger partial charge < -0.3 is 4.90 Å². The third-order valence-corrected chi connectivity index (χ3v) is 11.8.